The second-order valence-corrected chi connectivity index (χ2v) is 16.2. The van der Waals surface area contributed by atoms with Gasteiger partial charge in [0.25, 0.3) is 0 Å². The van der Waals surface area contributed by atoms with Crippen molar-refractivity contribution in [1.29, 1.82) is 0 Å². The monoisotopic (exact) mass is 788 g/mol. The molecule has 2 heteroatoms. The van der Waals surface area contributed by atoms with Crippen LogP contribution < -0.4 is 4.90 Å². The Morgan fingerprint density at radius 1 is 0.274 bits per heavy atom. The third kappa shape index (κ3) is 6.12. The molecule has 0 saturated carbocycles. The predicted octanol–water partition coefficient (Wildman–Crippen LogP) is 16.7. The maximum atomic E-state index is 2.42. The van der Waals surface area contributed by atoms with Gasteiger partial charge in [0, 0.05) is 33.5 Å². The smallest absolute Gasteiger partial charge is 0.0553 e. The van der Waals surface area contributed by atoms with Crippen LogP contribution in [-0.2, 0) is 0 Å². The minimum absolute atomic E-state index is 1.09. The number of anilines is 3. The summed E-state index contributed by atoms with van der Waals surface area (Å²) in [4.78, 5) is 2.40. The molecule has 11 aromatic carbocycles. The zero-order valence-corrected chi connectivity index (χ0v) is 34.0. The van der Waals surface area contributed by atoms with Crippen molar-refractivity contribution in [3.05, 3.63) is 243 Å². The fourth-order valence-corrected chi connectivity index (χ4v) is 9.54. The average molecular weight is 789 g/mol. The number of benzene rings is 11. The summed E-state index contributed by atoms with van der Waals surface area (Å²) in [7, 11) is 0. The molecule has 0 radical (unpaired) electrons. The van der Waals surface area contributed by atoms with E-state index in [4.69, 9.17) is 0 Å². The summed E-state index contributed by atoms with van der Waals surface area (Å²) in [5, 5.41) is 9.93. The molecule has 1 aromatic heterocycles. The van der Waals surface area contributed by atoms with Gasteiger partial charge in [0.15, 0.2) is 0 Å². The molecule has 0 fully saturated rings. The van der Waals surface area contributed by atoms with Crippen molar-refractivity contribution >= 4 is 71.2 Å². The lowest BCUT2D eigenvalue weighted by Crippen LogP contribution is -2.10. The molecule has 290 valence electrons. The van der Waals surface area contributed by atoms with E-state index in [2.05, 4.69) is 252 Å². The first-order valence-corrected chi connectivity index (χ1v) is 21.3. The highest BCUT2D eigenvalue weighted by Gasteiger charge is 2.21. The predicted molar refractivity (Wildman–Crippen MR) is 264 cm³/mol. The van der Waals surface area contributed by atoms with Crippen molar-refractivity contribution in [1.82, 2.24) is 4.57 Å². The van der Waals surface area contributed by atoms with Crippen LogP contribution in [0.15, 0.2) is 243 Å². The lowest BCUT2D eigenvalue weighted by molar-refractivity contribution is 1.18. The quantitative estimate of drug-likeness (QED) is 0.156. The van der Waals surface area contributed by atoms with Crippen LogP contribution in [0.4, 0.5) is 17.1 Å². The van der Waals surface area contributed by atoms with Crippen LogP contribution in [0.3, 0.4) is 0 Å². The van der Waals surface area contributed by atoms with Gasteiger partial charge in [-0.25, -0.2) is 0 Å². The number of hydrogen-bond acceptors (Lipinski definition) is 1. The summed E-state index contributed by atoms with van der Waals surface area (Å²) in [5.74, 6) is 0. The number of rotatable bonds is 7. The Morgan fingerprint density at radius 3 is 1.42 bits per heavy atom. The van der Waals surface area contributed by atoms with E-state index >= 15 is 0 Å². The van der Waals surface area contributed by atoms with Crippen LogP contribution in [0.2, 0.25) is 0 Å². The molecule has 2 nitrogen and oxygen atoms in total. The zero-order chi connectivity index (χ0) is 41.0. The minimum atomic E-state index is 1.09. The fraction of sp³-hybridized carbons (Fsp3) is 0. The molecule has 12 aromatic rings. The Bertz CT molecular complexity index is 3500. The maximum Gasteiger partial charge on any atom is 0.0553 e. The molecule has 0 aliphatic heterocycles. The van der Waals surface area contributed by atoms with Crippen molar-refractivity contribution in [2.45, 2.75) is 0 Å². The van der Waals surface area contributed by atoms with E-state index < -0.39 is 0 Å². The Morgan fingerprint density at radius 2 is 0.790 bits per heavy atom. The molecule has 0 N–H and O–H groups in total. The first kappa shape index (κ1) is 35.7. The highest BCUT2D eigenvalue weighted by atomic mass is 15.1. The molecule has 12 rings (SSSR count). The lowest BCUT2D eigenvalue weighted by atomic mass is 9.92. The van der Waals surface area contributed by atoms with Gasteiger partial charge in [-0.15, -0.1) is 0 Å². The Kier molecular flexibility index (Phi) is 8.53. The number of para-hydroxylation sites is 2. The topological polar surface area (TPSA) is 8.17 Å². The van der Waals surface area contributed by atoms with E-state index in [0.29, 0.717) is 0 Å². The lowest BCUT2D eigenvalue weighted by Gasteiger charge is -2.27. The van der Waals surface area contributed by atoms with Crippen molar-refractivity contribution in [3.63, 3.8) is 0 Å². The minimum Gasteiger partial charge on any atom is -0.310 e. The molecule has 0 unspecified atom stereocenters. The first-order chi connectivity index (χ1) is 30.7. The van der Waals surface area contributed by atoms with Crippen LogP contribution in [0, 0.1) is 0 Å². The Balaban J connectivity index is 1.03. The van der Waals surface area contributed by atoms with Crippen LogP contribution in [0.5, 0.6) is 0 Å². The molecule has 1 heterocycles. The van der Waals surface area contributed by atoms with Gasteiger partial charge in [0.2, 0.25) is 0 Å². The van der Waals surface area contributed by atoms with Crippen molar-refractivity contribution in [3.8, 4) is 39.1 Å². The summed E-state index contributed by atoms with van der Waals surface area (Å²) >= 11 is 0. The zero-order valence-electron chi connectivity index (χ0n) is 34.0. The molecule has 0 atom stereocenters. The summed E-state index contributed by atoms with van der Waals surface area (Å²) in [6, 6.07) is 88.6. The highest BCUT2D eigenvalue weighted by Crippen LogP contribution is 2.45. The SMILES string of the molecule is c1ccc(-n2c3ccccc3c3c(-c4cccc(N(c5ccc(-c6ccc7ccccc7c6)cc5)c5ccc(-c6ccc7ccccc7c6)cc5)c4)c4ccccc4cc32)cc1. The molecule has 0 spiro atoms. The largest absolute Gasteiger partial charge is 0.310 e. The molecule has 0 saturated heterocycles. The van der Waals surface area contributed by atoms with E-state index in [9.17, 15) is 0 Å². The second kappa shape index (κ2) is 14.8. The van der Waals surface area contributed by atoms with Gasteiger partial charge in [-0.1, -0.05) is 170 Å². The number of aromatic nitrogens is 1. The average Bonchev–Trinajstić information content (AvgIpc) is 3.67. The molecule has 0 amide bonds. The van der Waals surface area contributed by atoms with Gasteiger partial charge in [0.1, 0.15) is 0 Å². The van der Waals surface area contributed by atoms with Crippen molar-refractivity contribution < 1.29 is 0 Å². The van der Waals surface area contributed by atoms with Crippen LogP contribution in [0.25, 0.3) is 93.2 Å². The molecule has 0 aliphatic rings. The van der Waals surface area contributed by atoms with E-state index in [1.807, 2.05) is 0 Å². The molecule has 62 heavy (non-hydrogen) atoms. The number of hydrogen-bond donors (Lipinski definition) is 0. The highest BCUT2D eigenvalue weighted by molar-refractivity contribution is 6.23. The van der Waals surface area contributed by atoms with Gasteiger partial charge in [-0.2, -0.15) is 0 Å². The Hall–Kier alpha value is -8.20. The normalized spacial score (nSPS) is 11.5. The summed E-state index contributed by atoms with van der Waals surface area (Å²) < 4.78 is 2.42. The van der Waals surface area contributed by atoms with E-state index in [1.54, 1.807) is 0 Å². The van der Waals surface area contributed by atoms with E-state index in [-0.39, 0.29) is 0 Å². The molecule has 0 bridgehead atoms. The summed E-state index contributed by atoms with van der Waals surface area (Å²) in [6.07, 6.45) is 0. The number of fused-ring (bicyclic) bond motifs is 6. The van der Waals surface area contributed by atoms with Crippen molar-refractivity contribution in [2.75, 3.05) is 4.90 Å². The van der Waals surface area contributed by atoms with Crippen molar-refractivity contribution in [2.24, 2.45) is 0 Å². The van der Waals surface area contributed by atoms with Crippen LogP contribution in [-0.4, -0.2) is 4.57 Å². The van der Waals surface area contributed by atoms with Gasteiger partial charge >= 0.3 is 0 Å². The third-order valence-corrected chi connectivity index (χ3v) is 12.5. The second-order valence-electron chi connectivity index (χ2n) is 16.2. The summed E-state index contributed by atoms with van der Waals surface area (Å²) in [6.45, 7) is 0. The fourth-order valence-electron chi connectivity index (χ4n) is 9.54. The third-order valence-electron chi connectivity index (χ3n) is 12.5. The molecule has 0 aliphatic carbocycles. The first-order valence-electron chi connectivity index (χ1n) is 21.3. The number of nitrogens with zero attached hydrogens (tertiary/aromatic N) is 2. The van der Waals surface area contributed by atoms with Gasteiger partial charge in [-0.05, 0) is 138 Å². The van der Waals surface area contributed by atoms with Gasteiger partial charge in [-0.3, -0.25) is 0 Å². The summed E-state index contributed by atoms with van der Waals surface area (Å²) in [5.41, 5.74) is 14.0. The van der Waals surface area contributed by atoms with Gasteiger partial charge < -0.3 is 9.47 Å². The van der Waals surface area contributed by atoms with E-state index in [1.165, 1.54) is 87.5 Å². The van der Waals surface area contributed by atoms with Gasteiger partial charge in [0.05, 0.1) is 11.0 Å². The van der Waals surface area contributed by atoms with E-state index in [0.717, 1.165) is 22.7 Å². The molecular weight excluding hydrogens is 749 g/mol. The molecular formula is C60H40N2. The van der Waals surface area contributed by atoms with Crippen LogP contribution >= 0.6 is 0 Å². The Labute approximate surface area is 360 Å². The standard InChI is InChI=1S/C60H40N2/c1-2-19-51(20-3-1)62-57-24-11-10-23-56(57)60-58(62)40-49-17-8-9-22-55(49)59(60)50-18-12-21-54(39-50)61(52-33-29-43(30-34-52)47-27-25-41-13-4-6-15-45(41)37-47)53-35-31-44(32-36-53)48-28-26-42-14-5-7-16-46(42)38-48/h1-40H. The maximum absolute atomic E-state index is 2.42. The van der Waals surface area contributed by atoms with Crippen LogP contribution in [0.1, 0.15) is 0 Å².